The molecule has 2 N–H and O–H groups in total. The predicted molar refractivity (Wildman–Crippen MR) is 116 cm³/mol. The Morgan fingerprint density at radius 3 is 2.59 bits per heavy atom. The Hall–Kier alpha value is -2.26. The van der Waals surface area contributed by atoms with Gasteiger partial charge in [-0.1, -0.05) is 44.2 Å². The summed E-state index contributed by atoms with van der Waals surface area (Å²) in [6.45, 7) is 5.10. The summed E-state index contributed by atoms with van der Waals surface area (Å²) in [4.78, 5) is 36.1. The first-order valence-electron chi connectivity index (χ1n) is 10.3. The number of methoxy groups -OCH3 is 1. The van der Waals surface area contributed by atoms with Crippen molar-refractivity contribution >= 4 is 25.6 Å². The van der Waals surface area contributed by atoms with Crippen molar-refractivity contribution in [2.45, 2.75) is 45.8 Å². The lowest BCUT2D eigenvalue weighted by Gasteiger charge is -2.40. The molecular formula is C21H31N2O8P. The van der Waals surface area contributed by atoms with Crippen molar-refractivity contribution < 1.29 is 37.5 Å². The lowest BCUT2D eigenvalue weighted by atomic mass is 9.87. The van der Waals surface area contributed by atoms with Crippen LogP contribution < -0.4 is 10.4 Å². The van der Waals surface area contributed by atoms with Gasteiger partial charge < -0.3 is 14.8 Å². The molecule has 0 spiro atoms. The number of amides is 1. The van der Waals surface area contributed by atoms with E-state index in [0.29, 0.717) is 6.42 Å². The first-order valence-corrected chi connectivity index (χ1v) is 11.9. The first kappa shape index (κ1) is 26.0. The number of esters is 2. The molecule has 3 atom stereocenters. The van der Waals surface area contributed by atoms with Crippen LogP contribution in [0.1, 0.15) is 32.8 Å². The van der Waals surface area contributed by atoms with E-state index in [0.717, 1.165) is 5.56 Å². The van der Waals surface area contributed by atoms with Crippen LogP contribution in [0.4, 0.5) is 0 Å². The Kier molecular flexibility index (Phi) is 9.39. The molecule has 0 aliphatic carbocycles. The lowest BCUT2D eigenvalue weighted by Crippen LogP contribution is -2.51. The summed E-state index contributed by atoms with van der Waals surface area (Å²) in [5, 5.41) is 5.10. The predicted octanol–water partition coefficient (Wildman–Crippen LogP) is 1.98. The van der Waals surface area contributed by atoms with E-state index in [1.807, 2.05) is 30.3 Å². The number of carbonyl (C=O) groups is 3. The summed E-state index contributed by atoms with van der Waals surface area (Å²) in [5.41, 5.74) is 0.237. The van der Waals surface area contributed by atoms with Gasteiger partial charge in [0.2, 0.25) is 5.91 Å². The maximum Gasteiger partial charge on any atom is 0.407 e. The minimum atomic E-state index is -3.96. The number of benzene rings is 1. The molecule has 0 radical (unpaired) electrons. The van der Waals surface area contributed by atoms with Gasteiger partial charge in [0.15, 0.2) is 6.10 Å². The average molecular weight is 470 g/mol. The van der Waals surface area contributed by atoms with Crippen molar-refractivity contribution in [1.82, 2.24) is 10.4 Å². The number of carbonyl (C=O) groups excluding carboxylic acids is 3. The molecule has 0 saturated carbocycles. The van der Waals surface area contributed by atoms with Gasteiger partial charge in [-0.15, -0.1) is 0 Å². The maximum absolute atomic E-state index is 13.1. The molecule has 1 aliphatic heterocycles. The lowest BCUT2D eigenvalue weighted by molar-refractivity contribution is -0.145. The Labute approximate surface area is 187 Å². The highest BCUT2D eigenvalue weighted by molar-refractivity contribution is 7.51. The van der Waals surface area contributed by atoms with Crippen molar-refractivity contribution in [3.63, 3.8) is 0 Å². The molecule has 1 aliphatic rings. The zero-order valence-corrected chi connectivity index (χ0v) is 19.7. The molecule has 32 heavy (non-hydrogen) atoms. The molecule has 1 heterocycles. The maximum atomic E-state index is 13.1. The second kappa shape index (κ2) is 11.6. The second-order valence-electron chi connectivity index (χ2n) is 8.12. The van der Waals surface area contributed by atoms with Gasteiger partial charge in [-0.3, -0.25) is 23.4 Å². The molecule has 11 heteroatoms. The van der Waals surface area contributed by atoms with Crippen LogP contribution in [0.25, 0.3) is 0 Å². The van der Waals surface area contributed by atoms with E-state index in [2.05, 4.69) is 15.1 Å². The van der Waals surface area contributed by atoms with Crippen molar-refractivity contribution in [2.24, 2.45) is 5.41 Å². The SMILES string of the molecule is COC(=O)CCNC(=O)[C@@H]1O[P@](=O)(N[C@@H](C)C(=O)OCCc2ccccc2)OCC1(C)C. The van der Waals surface area contributed by atoms with E-state index in [9.17, 15) is 18.9 Å². The third-order valence-electron chi connectivity index (χ3n) is 4.84. The van der Waals surface area contributed by atoms with E-state index in [-0.39, 0.29) is 26.2 Å². The monoisotopic (exact) mass is 470 g/mol. The van der Waals surface area contributed by atoms with Crippen LogP contribution in [0.3, 0.4) is 0 Å². The molecule has 178 valence electrons. The van der Waals surface area contributed by atoms with Gasteiger partial charge in [-0.25, -0.2) is 9.65 Å². The van der Waals surface area contributed by atoms with Crippen molar-refractivity contribution in [2.75, 3.05) is 26.9 Å². The summed E-state index contributed by atoms with van der Waals surface area (Å²) < 4.78 is 33.7. The third kappa shape index (κ3) is 7.70. The summed E-state index contributed by atoms with van der Waals surface area (Å²) in [5.74, 6) is -1.63. The van der Waals surface area contributed by atoms with Crippen LogP contribution >= 0.6 is 7.75 Å². The van der Waals surface area contributed by atoms with Crippen LogP contribution in [0.5, 0.6) is 0 Å². The van der Waals surface area contributed by atoms with Gasteiger partial charge in [-0.05, 0) is 12.5 Å². The molecule has 1 aromatic rings. The van der Waals surface area contributed by atoms with Crippen molar-refractivity contribution in [3.05, 3.63) is 35.9 Å². The first-order chi connectivity index (χ1) is 15.1. The van der Waals surface area contributed by atoms with E-state index in [1.54, 1.807) is 13.8 Å². The summed E-state index contributed by atoms with van der Waals surface area (Å²) in [7, 11) is -2.71. The van der Waals surface area contributed by atoms with Crippen molar-refractivity contribution in [1.29, 1.82) is 0 Å². The molecule has 10 nitrogen and oxygen atoms in total. The number of ether oxygens (including phenoxy) is 2. The number of rotatable bonds is 10. The topological polar surface area (TPSA) is 129 Å². The van der Waals surface area contributed by atoms with Crippen LogP contribution in [-0.4, -0.2) is 56.9 Å². The molecule has 0 unspecified atom stereocenters. The molecule has 1 saturated heterocycles. The zero-order chi connectivity index (χ0) is 23.8. The number of nitrogens with one attached hydrogen (secondary N) is 2. The molecule has 1 aromatic carbocycles. The van der Waals surface area contributed by atoms with Gasteiger partial charge in [0.05, 0.1) is 26.7 Å². The Morgan fingerprint density at radius 2 is 1.94 bits per heavy atom. The Morgan fingerprint density at radius 1 is 1.25 bits per heavy atom. The van der Waals surface area contributed by atoms with E-state index in [4.69, 9.17) is 13.8 Å². The standard InChI is InChI=1S/C21H31N2O8P/c1-15(20(26)29-13-11-16-8-6-5-7-9-16)23-32(27)30-14-21(2,3)18(31-32)19(25)22-12-10-17(24)28-4/h5-9,15,18H,10-14H2,1-4H3,(H,22,25)(H,23,27)/t15-,18-,32-/m0/s1. The van der Waals surface area contributed by atoms with Crippen molar-refractivity contribution in [3.8, 4) is 0 Å². The van der Waals surface area contributed by atoms with E-state index in [1.165, 1.54) is 14.0 Å². The highest BCUT2D eigenvalue weighted by Gasteiger charge is 2.48. The van der Waals surface area contributed by atoms with Crippen LogP contribution in [0.15, 0.2) is 30.3 Å². The third-order valence-corrected chi connectivity index (χ3v) is 6.50. The zero-order valence-electron chi connectivity index (χ0n) is 18.8. The summed E-state index contributed by atoms with van der Waals surface area (Å²) >= 11 is 0. The minimum absolute atomic E-state index is 0.00629. The largest absolute Gasteiger partial charge is 0.469 e. The van der Waals surface area contributed by atoms with Gasteiger partial charge in [0.25, 0.3) is 0 Å². The van der Waals surface area contributed by atoms with Gasteiger partial charge in [0, 0.05) is 18.4 Å². The minimum Gasteiger partial charge on any atom is -0.469 e. The molecule has 1 fully saturated rings. The molecule has 2 rings (SSSR count). The van der Waals surface area contributed by atoms with Crippen LogP contribution in [-0.2, 0) is 43.9 Å². The van der Waals surface area contributed by atoms with E-state index < -0.39 is 43.2 Å². The Bertz CT molecular complexity index is 845. The Balaban J connectivity index is 1.89. The fourth-order valence-corrected chi connectivity index (χ4v) is 4.86. The molecular weight excluding hydrogens is 439 g/mol. The van der Waals surface area contributed by atoms with Gasteiger partial charge in [0.1, 0.15) is 6.04 Å². The summed E-state index contributed by atoms with van der Waals surface area (Å²) in [6.07, 6.45) is -0.576. The van der Waals surface area contributed by atoms with Gasteiger partial charge in [-0.2, -0.15) is 0 Å². The number of hydrogen-bond donors (Lipinski definition) is 2. The van der Waals surface area contributed by atoms with Crippen LogP contribution in [0.2, 0.25) is 0 Å². The average Bonchev–Trinajstić information content (AvgIpc) is 2.76. The van der Waals surface area contributed by atoms with E-state index >= 15 is 0 Å². The fraction of sp³-hybridized carbons (Fsp3) is 0.571. The van der Waals surface area contributed by atoms with Crippen LogP contribution in [0, 0.1) is 5.41 Å². The fourth-order valence-electron chi connectivity index (χ4n) is 2.92. The van der Waals surface area contributed by atoms with Gasteiger partial charge >= 0.3 is 19.7 Å². The number of hydrogen-bond acceptors (Lipinski definition) is 8. The second-order valence-corrected chi connectivity index (χ2v) is 9.84. The normalized spacial score (nSPS) is 23.1. The molecule has 0 aromatic heterocycles. The highest BCUT2D eigenvalue weighted by atomic mass is 31.2. The molecule has 0 bridgehead atoms. The smallest absolute Gasteiger partial charge is 0.407 e. The quantitative estimate of drug-likeness (QED) is 0.389. The highest BCUT2D eigenvalue weighted by Crippen LogP contribution is 2.53. The summed E-state index contributed by atoms with van der Waals surface area (Å²) in [6, 6.07) is 8.56. The molecule has 1 amide bonds.